The van der Waals surface area contributed by atoms with E-state index < -0.39 is 0 Å². The van der Waals surface area contributed by atoms with Crippen molar-refractivity contribution < 1.29 is 14.3 Å². The Labute approximate surface area is 160 Å². The third-order valence-corrected chi connectivity index (χ3v) is 5.10. The van der Waals surface area contributed by atoms with E-state index in [1.165, 1.54) is 16.7 Å². The van der Waals surface area contributed by atoms with Crippen molar-refractivity contribution in [1.82, 2.24) is 0 Å². The minimum atomic E-state index is -0.174. The number of rotatable bonds is 4. The van der Waals surface area contributed by atoms with Crippen LogP contribution in [-0.4, -0.2) is 24.4 Å². The Bertz CT molecular complexity index is 882. The molecule has 0 bridgehead atoms. The van der Waals surface area contributed by atoms with Crippen LogP contribution in [0.25, 0.3) is 6.08 Å². The van der Waals surface area contributed by atoms with Gasteiger partial charge in [0.05, 0.1) is 24.8 Å². The van der Waals surface area contributed by atoms with Gasteiger partial charge >= 0.3 is 0 Å². The second-order valence-electron chi connectivity index (χ2n) is 5.11. The zero-order chi connectivity index (χ0) is 18.0. The quantitative estimate of drug-likeness (QED) is 0.554. The molecule has 25 heavy (non-hydrogen) atoms. The summed E-state index contributed by atoms with van der Waals surface area (Å²) in [6.45, 7) is 0. The van der Waals surface area contributed by atoms with Crippen molar-refractivity contribution in [3.8, 4) is 11.5 Å². The summed E-state index contributed by atoms with van der Waals surface area (Å²) >= 11 is 12.6. The second-order valence-corrected chi connectivity index (χ2v) is 7.22. The van der Waals surface area contributed by atoms with E-state index in [9.17, 15) is 4.79 Å². The molecule has 0 saturated carbocycles. The molecule has 1 aliphatic rings. The Kier molecular flexibility index (Phi) is 5.32. The fourth-order valence-corrected chi connectivity index (χ4v) is 3.88. The van der Waals surface area contributed by atoms with E-state index in [1.807, 2.05) is 12.1 Å². The molecular formula is C18H14ClNO3S2. The SMILES string of the molecule is COc1ccc(/C=C2/SC(=S)N(c3cccc(Cl)c3)C2=O)cc1OC. The number of thioether (sulfide) groups is 1. The Morgan fingerprint density at radius 2 is 1.88 bits per heavy atom. The molecule has 0 aliphatic carbocycles. The van der Waals surface area contributed by atoms with Gasteiger partial charge in [-0.2, -0.15) is 0 Å². The average molecular weight is 392 g/mol. The van der Waals surface area contributed by atoms with E-state index in [2.05, 4.69) is 0 Å². The van der Waals surface area contributed by atoms with Crippen LogP contribution in [0.2, 0.25) is 5.02 Å². The lowest BCUT2D eigenvalue weighted by Gasteiger charge is -2.14. The third-order valence-electron chi connectivity index (χ3n) is 3.57. The van der Waals surface area contributed by atoms with E-state index in [-0.39, 0.29) is 5.91 Å². The highest BCUT2D eigenvalue weighted by Gasteiger charge is 2.33. The van der Waals surface area contributed by atoms with E-state index in [0.717, 1.165) is 5.56 Å². The highest BCUT2D eigenvalue weighted by Crippen LogP contribution is 2.37. The van der Waals surface area contributed by atoms with Crippen LogP contribution in [0.5, 0.6) is 11.5 Å². The number of amides is 1. The van der Waals surface area contributed by atoms with Gasteiger partial charge in [0, 0.05) is 5.02 Å². The van der Waals surface area contributed by atoms with E-state index in [0.29, 0.717) is 31.4 Å². The summed E-state index contributed by atoms with van der Waals surface area (Å²) in [4.78, 5) is 14.8. The summed E-state index contributed by atoms with van der Waals surface area (Å²) < 4.78 is 11.0. The minimum Gasteiger partial charge on any atom is -0.493 e. The molecule has 0 N–H and O–H groups in total. The number of ether oxygens (including phenoxy) is 2. The molecule has 0 aromatic heterocycles. The number of benzene rings is 2. The average Bonchev–Trinajstić information content (AvgIpc) is 2.88. The molecule has 7 heteroatoms. The first-order chi connectivity index (χ1) is 12.0. The number of hydrogen-bond acceptors (Lipinski definition) is 5. The monoisotopic (exact) mass is 391 g/mol. The Hall–Kier alpha value is -2.02. The fourth-order valence-electron chi connectivity index (χ4n) is 2.40. The number of hydrogen-bond donors (Lipinski definition) is 0. The van der Waals surface area contributed by atoms with Crippen molar-refractivity contribution >= 4 is 57.6 Å². The second kappa shape index (κ2) is 7.47. The number of methoxy groups -OCH3 is 2. The van der Waals surface area contributed by atoms with Crippen LogP contribution in [0.1, 0.15) is 5.56 Å². The molecular weight excluding hydrogens is 378 g/mol. The summed E-state index contributed by atoms with van der Waals surface area (Å²) in [5.74, 6) is 1.06. The first kappa shape index (κ1) is 17.8. The molecule has 128 valence electrons. The lowest BCUT2D eigenvalue weighted by molar-refractivity contribution is -0.113. The molecule has 0 spiro atoms. The van der Waals surface area contributed by atoms with Crippen LogP contribution in [0.4, 0.5) is 5.69 Å². The van der Waals surface area contributed by atoms with Gasteiger partial charge in [-0.15, -0.1) is 0 Å². The summed E-state index contributed by atoms with van der Waals surface area (Å²) in [5, 5.41) is 0.551. The molecule has 1 heterocycles. The fraction of sp³-hybridized carbons (Fsp3) is 0.111. The number of thiocarbonyl (C=S) groups is 1. The normalized spacial score (nSPS) is 15.8. The first-order valence-corrected chi connectivity index (χ1v) is 8.89. The molecule has 4 nitrogen and oxygen atoms in total. The van der Waals surface area contributed by atoms with Crippen molar-refractivity contribution in [1.29, 1.82) is 0 Å². The van der Waals surface area contributed by atoms with E-state index in [4.69, 9.17) is 33.3 Å². The van der Waals surface area contributed by atoms with Gasteiger partial charge in [0.1, 0.15) is 0 Å². The molecule has 2 aromatic carbocycles. The highest BCUT2D eigenvalue weighted by molar-refractivity contribution is 8.27. The summed E-state index contributed by atoms with van der Waals surface area (Å²) in [6, 6.07) is 12.5. The standard InChI is InChI=1S/C18H14ClNO3S2/c1-22-14-7-6-11(8-15(14)23-2)9-16-17(21)20(18(24)25-16)13-5-3-4-12(19)10-13/h3-10H,1-2H3/b16-9+. The van der Waals surface area contributed by atoms with Crippen molar-refractivity contribution in [3.05, 3.63) is 58.0 Å². The number of carbonyl (C=O) groups is 1. The van der Waals surface area contributed by atoms with Gasteiger partial charge in [0.25, 0.3) is 5.91 Å². The van der Waals surface area contributed by atoms with Crippen molar-refractivity contribution in [2.45, 2.75) is 0 Å². The molecule has 1 amide bonds. The van der Waals surface area contributed by atoms with Gasteiger partial charge in [-0.25, -0.2) is 0 Å². The van der Waals surface area contributed by atoms with E-state index >= 15 is 0 Å². The van der Waals surface area contributed by atoms with Gasteiger partial charge in [-0.1, -0.05) is 47.7 Å². The largest absolute Gasteiger partial charge is 0.493 e. The van der Waals surface area contributed by atoms with Gasteiger partial charge in [0.15, 0.2) is 15.8 Å². The van der Waals surface area contributed by atoms with Crippen LogP contribution >= 0.6 is 35.6 Å². The smallest absolute Gasteiger partial charge is 0.270 e. The Morgan fingerprint density at radius 1 is 1.12 bits per heavy atom. The molecule has 3 rings (SSSR count). The summed E-state index contributed by atoms with van der Waals surface area (Å²) in [6.07, 6.45) is 1.78. The first-order valence-electron chi connectivity index (χ1n) is 7.29. The Morgan fingerprint density at radius 3 is 2.56 bits per heavy atom. The topological polar surface area (TPSA) is 38.8 Å². The van der Waals surface area contributed by atoms with Gasteiger partial charge in [-0.05, 0) is 42.0 Å². The summed E-state index contributed by atoms with van der Waals surface area (Å²) in [7, 11) is 3.15. The van der Waals surface area contributed by atoms with Gasteiger partial charge in [0.2, 0.25) is 0 Å². The maximum Gasteiger partial charge on any atom is 0.270 e. The lowest BCUT2D eigenvalue weighted by Crippen LogP contribution is -2.27. The molecule has 0 radical (unpaired) electrons. The van der Waals surface area contributed by atoms with Crippen LogP contribution in [0.3, 0.4) is 0 Å². The number of halogens is 1. The molecule has 2 aromatic rings. The molecule has 1 fully saturated rings. The number of anilines is 1. The predicted octanol–water partition coefficient (Wildman–Crippen LogP) is 4.76. The zero-order valence-corrected chi connectivity index (χ0v) is 15.9. The van der Waals surface area contributed by atoms with Crippen LogP contribution < -0.4 is 14.4 Å². The number of carbonyl (C=O) groups excluding carboxylic acids is 1. The predicted molar refractivity (Wildman–Crippen MR) is 107 cm³/mol. The van der Waals surface area contributed by atoms with Crippen molar-refractivity contribution in [2.75, 3.05) is 19.1 Å². The van der Waals surface area contributed by atoms with Crippen molar-refractivity contribution in [2.24, 2.45) is 0 Å². The maximum atomic E-state index is 12.8. The number of nitrogens with zero attached hydrogens (tertiary/aromatic N) is 1. The molecule has 1 aliphatic heterocycles. The summed E-state index contributed by atoms with van der Waals surface area (Å²) in [5.41, 5.74) is 1.48. The van der Waals surface area contributed by atoms with Gasteiger partial charge < -0.3 is 9.47 Å². The van der Waals surface area contributed by atoms with Crippen LogP contribution in [-0.2, 0) is 4.79 Å². The molecule has 0 unspecified atom stereocenters. The van der Waals surface area contributed by atoms with Crippen LogP contribution in [0.15, 0.2) is 47.4 Å². The lowest BCUT2D eigenvalue weighted by atomic mass is 10.2. The van der Waals surface area contributed by atoms with Crippen LogP contribution in [0, 0.1) is 0 Å². The molecule has 1 saturated heterocycles. The van der Waals surface area contributed by atoms with Gasteiger partial charge in [-0.3, -0.25) is 9.69 Å². The van der Waals surface area contributed by atoms with Crippen molar-refractivity contribution in [3.63, 3.8) is 0 Å². The third kappa shape index (κ3) is 3.66. The maximum absolute atomic E-state index is 12.8. The highest BCUT2D eigenvalue weighted by atomic mass is 35.5. The Balaban J connectivity index is 1.93. The zero-order valence-electron chi connectivity index (χ0n) is 13.5. The van der Waals surface area contributed by atoms with E-state index in [1.54, 1.807) is 50.6 Å². The minimum absolute atomic E-state index is 0.174. The molecule has 0 atom stereocenters.